The summed E-state index contributed by atoms with van der Waals surface area (Å²) in [7, 11) is 1.14. The number of hydrogen-bond donors (Lipinski definition) is 2. The van der Waals surface area contributed by atoms with E-state index in [1.165, 1.54) is 6.20 Å². The minimum Gasteiger partial charge on any atom is -0.469 e. The third kappa shape index (κ3) is 2.88. The number of aromatic amines is 1. The molecule has 0 saturated heterocycles. The fourth-order valence-electron chi connectivity index (χ4n) is 1.47. The zero-order valence-electron chi connectivity index (χ0n) is 9.13. The van der Waals surface area contributed by atoms with Gasteiger partial charge in [0.1, 0.15) is 0 Å². The van der Waals surface area contributed by atoms with Gasteiger partial charge in [0.05, 0.1) is 19.1 Å². The number of pyridine rings is 1. The van der Waals surface area contributed by atoms with Gasteiger partial charge < -0.3 is 15.5 Å². The summed E-state index contributed by atoms with van der Waals surface area (Å²) >= 11 is 0. The predicted molar refractivity (Wildman–Crippen MR) is 55.6 cm³/mol. The Balaban J connectivity index is 3.35. The summed E-state index contributed by atoms with van der Waals surface area (Å²) in [4.78, 5) is 24.6. The Morgan fingerprint density at radius 1 is 1.59 bits per heavy atom. The number of nitrogens with one attached hydrogen (secondary N) is 1. The second-order valence-corrected chi connectivity index (χ2v) is 3.29. The zero-order chi connectivity index (χ0) is 13.0. The quantitative estimate of drug-likeness (QED) is 0.757. The van der Waals surface area contributed by atoms with Gasteiger partial charge in [-0.25, -0.2) is 8.78 Å². The van der Waals surface area contributed by atoms with E-state index in [0.717, 1.165) is 7.11 Å². The molecule has 0 saturated carbocycles. The molecule has 0 atom stereocenters. The lowest BCUT2D eigenvalue weighted by Gasteiger charge is -2.11. The Morgan fingerprint density at radius 2 is 2.24 bits per heavy atom. The van der Waals surface area contributed by atoms with E-state index in [1.807, 2.05) is 0 Å². The Kier molecular flexibility index (Phi) is 4.33. The van der Waals surface area contributed by atoms with Crippen LogP contribution in [-0.2, 0) is 22.5 Å². The number of esters is 1. The Bertz CT molecular complexity index is 471. The Labute approximate surface area is 95.6 Å². The average Bonchev–Trinajstić information content (AvgIpc) is 2.28. The third-order valence-electron chi connectivity index (χ3n) is 2.32. The van der Waals surface area contributed by atoms with Gasteiger partial charge in [0.2, 0.25) is 0 Å². The van der Waals surface area contributed by atoms with Crippen molar-refractivity contribution < 1.29 is 18.3 Å². The molecule has 0 fully saturated rings. The van der Waals surface area contributed by atoms with Crippen molar-refractivity contribution in [3.05, 3.63) is 33.2 Å². The number of alkyl halides is 2. The van der Waals surface area contributed by atoms with Crippen LogP contribution in [0.15, 0.2) is 11.0 Å². The molecule has 0 aromatic carbocycles. The maximum atomic E-state index is 12.7. The smallest absolute Gasteiger partial charge is 0.310 e. The predicted octanol–water partition coefficient (Wildman–Crippen LogP) is 0.487. The highest BCUT2D eigenvalue weighted by Crippen LogP contribution is 2.22. The second kappa shape index (κ2) is 5.53. The van der Waals surface area contributed by atoms with Crippen molar-refractivity contribution in [3.63, 3.8) is 0 Å². The number of ether oxygens (including phenoxy) is 1. The summed E-state index contributed by atoms with van der Waals surface area (Å²) in [5.41, 5.74) is 3.96. The average molecular weight is 246 g/mol. The molecule has 0 aliphatic heterocycles. The molecule has 0 bridgehead atoms. The summed E-state index contributed by atoms with van der Waals surface area (Å²) in [6.07, 6.45) is -2.14. The molecule has 94 valence electrons. The zero-order valence-corrected chi connectivity index (χ0v) is 9.13. The van der Waals surface area contributed by atoms with Crippen molar-refractivity contribution in [1.82, 2.24) is 4.98 Å². The van der Waals surface area contributed by atoms with Gasteiger partial charge in [-0.05, 0) is 11.1 Å². The number of carbonyl (C=O) groups is 1. The SMILES string of the molecule is COC(=O)Cc1c(CN)c[nH]c(=O)c1C(F)F. The topological polar surface area (TPSA) is 85.2 Å². The molecule has 0 aliphatic carbocycles. The first-order valence-electron chi connectivity index (χ1n) is 4.79. The van der Waals surface area contributed by atoms with Crippen LogP contribution in [0.25, 0.3) is 0 Å². The summed E-state index contributed by atoms with van der Waals surface area (Å²) in [5, 5.41) is 0. The lowest BCUT2D eigenvalue weighted by Crippen LogP contribution is -2.21. The molecule has 1 rings (SSSR count). The van der Waals surface area contributed by atoms with Crippen LogP contribution in [0.1, 0.15) is 23.1 Å². The third-order valence-corrected chi connectivity index (χ3v) is 2.32. The van der Waals surface area contributed by atoms with E-state index >= 15 is 0 Å². The number of hydrogen-bond acceptors (Lipinski definition) is 4. The fourth-order valence-corrected chi connectivity index (χ4v) is 1.47. The molecule has 5 nitrogen and oxygen atoms in total. The van der Waals surface area contributed by atoms with E-state index in [1.54, 1.807) is 0 Å². The van der Waals surface area contributed by atoms with Gasteiger partial charge in [-0.3, -0.25) is 9.59 Å². The monoisotopic (exact) mass is 246 g/mol. The van der Waals surface area contributed by atoms with Crippen LogP contribution in [-0.4, -0.2) is 18.1 Å². The number of aromatic nitrogens is 1. The van der Waals surface area contributed by atoms with Gasteiger partial charge in [-0.1, -0.05) is 0 Å². The van der Waals surface area contributed by atoms with Gasteiger partial charge in [-0.15, -0.1) is 0 Å². The number of carbonyl (C=O) groups excluding carboxylic acids is 1. The van der Waals surface area contributed by atoms with E-state index in [4.69, 9.17) is 5.73 Å². The van der Waals surface area contributed by atoms with Crippen molar-refractivity contribution in [2.45, 2.75) is 19.4 Å². The van der Waals surface area contributed by atoms with Crippen LogP contribution < -0.4 is 11.3 Å². The molecule has 3 N–H and O–H groups in total. The van der Waals surface area contributed by atoms with E-state index in [9.17, 15) is 18.4 Å². The van der Waals surface area contributed by atoms with Crippen LogP contribution in [0.5, 0.6) is 0 Å². The minimum absolute atomic E-state index is 0.0528. The van der Waals surface area contributed by atoms with Crippen LogP contribution >= 0.6 is 0 Å². The lowest BCUT2D eigenvalue weighted by molar-refractivity contribution is -0.139. The molecule has 0 aliphatic rings. The molecule has 17 heavy (non-hydrogen) atoms. The van der Waals surface area contributed by atoms with Gasteiger partial charge in [0, 0.05) is 12.7 Å². The highest BCUT2D eigenvalue weighted by atomic mass is 19.3. The standard InChI is InChI=1S/C10H12F2N2O3/c1-17-7(15)2-6-5(3-13)4-14-10(16)8(6)9(11)12/h4,9H,2-3,13H2,1H3,(H,14,16). The second-order valence-electron chi connectivity index (χ2n) is 3.29. The van der Waals surface area contributed by atoms with E-state index in [2.05, 4.69) is 9.72 Å². The number of rotatable bonds is 4. The highest BCUT2D eigenvalue weighted by Gasteiger charge is 2.22. The van der Waals surface area contributed by atoms with Crippen molar-refractivity contribution in [2.24, 2.45) is 5.73 Å². The van der Waals surface area contributed by atoms with E-state index in [-0.39, 0.29) is 12.1 Å². The molecule has 0 spiro atoms. The maximum Gasteiger partial charge on any atom is 0.310 e. The molecule has 7 heteroatoms. The highest BCUT2D eigenvalue weighted by molar-refractivity contribution is 5.73. The van der Waals surface area contributed by atoms with Crippen LogP contribution in [0, 0.1) is 0 Å². The van der Waals surface area contributed by atoms with Crippen molar-refractivity contribution >= 4 is 5.97 Å². The normalized spacial score (nSPS) is 10.6. The van der Waals surface area contributed by atoms with Gasteiger partial charge >= 0.3 is 5.97 Å². The maximum absolute atomic E-state index is 12.7. The van der Waals surface area contributed by atoms with Crippen LogP contribution in [0.2, 0.25) is 0 Å². The van der Waals surface area contributed by atoms with Gasteiger partial charge in [0.15, 0.2) is 0 Å². The molecule has 1 aromatic heterocycles. The summed E-state index contributed by atoms with van der Waals surface area (Å²) in [6, 6.07) is 0. The van der Waals surface area contributed by atoms with Crippen LogP contribution in [0.3, 0.4) is 0 Å². The molecule has 1 heterocycles. The van der Waals surface area contributed by atoms with Crippen molar-refractivity contribution in [3.8, 4) is 0 Å². The number of methoxy groups -OCH3 is 1. The lowest BCUT2D eigenvalue weighted by atomic mass is 10.0. The van der Waals surface area contributed by atoms with Crippen molar-refractivity contribution in [2.75, 3.05) is 7.11 Å². The minimum atomic E-state index is -2.97. The van der Waals surface area contributed by atoms with Crippen LogP contribution in [0.4, 0.5) is 8.78 Å². The molecular formula is C10H12F2N2O3. The molecular weight excluding hydrogens is 234 g/mol. The Morgan fingerprint density at radius 3 is 2.71 bits per heavy atom. The number of H-pyrrole nitrogens is 1. The number of halogens is 2. The first kappa shape index (κ1) is 13.3. The van der Waals surface area contributed by atoms with Crippen molar-refractivity contribution in [1.29, 1.82) is 0 Å². The van der Waals surface area contributed by atoms with Gasteiger partial charge in [-0.2, -0.15) is 0 Å². The summed E-state index contributed by atoms with van der Waals surface area (Å²) < 4.78 is 29.9. The Hall–Kier alpha value is -1.76. The molecule has 0 amide bonds. The summed E-state index contributed by atoms with van der Waals surface area (Å²) in [5.74, 6) is -0.702. The molecule has 1 aromatic rings. The summed E-state index contributed by atoms with van der Waals surface area (Å²) in [6.45, 7) is -0.0528. The van der Waals surface area contributed by atoms with E-state index < -0.39 is 29.9 Å². The first-order valence-corrected chi connectivity index (χ1v) is 4.79. The first-order chi connectivity index (χ1) is 8.01. The number of nitrogens with two attached hydrogens (primary N) is 1. The molecule has 0 radical (unpaired) electrons. The van der Waals surface area contributed by atoms with E-state index in [0.29, 0.717) is 5.56 Å². The van der Waals surface area contributed by atoms with Gasteiger partial charge in [0.25, 0.3) is 12.0 Å². The fraction of sp³-hybridized carbons (Fsp3) is 0.400. The molecule has 0 unspecified atom stereocenters. The largest absolute Gasteiger partial charge is 0.469 e.